The average Bonchev–Trinajstić information content (AvgIpc) is 2.25. The largest absolute Gasteiger partial charge is 0.380 e. The van der Waals surface area contributed by atoms with Gasteiger partial charge in [-0.1, -0.05) is 0 Å². The molecule has 0 spiro atoms. The molecule has 0 aromatic heterocycles. The van der Waals surface area contributed by atoms with Crippen molar-refractivity contribution in [2.24, 2.45) is 5.73 Å². The predicted molar refractivity (Wildman–Crippen MR) is 57.4 cm³/mol. The molecule has 15 heavy (non-hydrogen) atoms. The Morgan fingerprint density at radius 3 is 2.73 bits per heavy atom. The molecule has 1 amide bonds. The van der Waals surface area contributed by atoms with Crippen LogP contribution in [0, 0.1) is 0 Å². The molecule has 2 N–H and O–H groups in total. The van der Waals surface area contributed by atoms with Gasteiger partial charge in [-0.2, -0.15) is 0 Å². The van der Waals surface area contributed by atoms with Gasteiger partial charge in [-0.3, -0.25) is 4.79 Å². The van der Waals surface area contributed by atoms with Gasteiger partial charge in [-0.15, -0.1) is 0 Å². The lowest BCUT2D eigenvalue weighted by atomic mass is 9.76. The highest BCUT2D eigenvalue weighted by molar-refractivity contribution is 5.87. The van der Waals surface area contributed by atoms with Crippen LogP contribution >= 0.6 is 0 Å². The third-order valence-electron chi connectivity index (χ3n) is 3.67. The molecule has 0 radical (unpaired) electrons. The van der Waals surface area contributed by atoms with E-state index in [0.29, 0.717) is 6.54 Å². The van der Waals surface area contributed by atoms with E-state index in [1.165, 1.54) is 0 Å². The zero-order chi connectivity index (χ0) is 10.9. The first-order valence-electron chi connectivity index (χ1n) is 5.77. The molecule has 2 aliphatic rings. The van der Waals surface area contributed by atoms with Crippen molar-refractivity contribution in [1.82, 2.24) is 4.90 Å². The summed E-state index contributed by atoms with van der Waals surface area (Å²) in [5, 5.41) is 0. The molecule has 86 valence electrons. The number of amides is 1. The van der Waals surface area contributed by atoms with Gasteiger partial charge in [0.15, 0.2) is 0 Å². The summed E-state index contributed by atoms with van der Waals surface area (Å²) in [4.78, 5) is 14.0. The number of carbonyl (C=O) groups excluding carboxylic acids is 1. The molecule has 2 rings (SSSR count). The Bertz CT molecular complexity index is 251. The van der Waals surface area contributed by atoms with Crippen LogP contribution in [-0.4, -0.2) is 42.6 Å². The fraction of sp³-hybridized carbons (Fsp3) is 0.909. The minimum Gasteiger partial charge on any atom is -0.380 e. The fourth-order valence-corrected chi connectivity index (χ4v) is 2.40. The summed E-state index contributed by atoms with van der Waals surface area (Å²) in [6.07, 6.45) is 5.06. The van der Waals surface area contributed by atoms with E-state index in [4.69, 9.17) is 10.5 Å². The van der Waals surface area contributed by atoms with Crippen LogP contribution in [0.2, 0.25) is 0 Å². The summed E-state index contributed by atoms with van der Waals surface area (Å²) in [7, 11) is 1.71. The number of rotatable bonds is 2. The van der Waals surface area contributed by atoms with Crippen LogP contribution in [0.25, 0.3) is 0 Å². The van der Waals surface area contributed by atoms with Crippen molar-refractivity contribution < 1.29 is 9.53 Å². The predicted octanol–water partition coefficient (Wildman–Crippen LogP) is 0.505. The van der Waals surface area contributed by atoms with Gasteiger partial charge in [0, 0.05) is 20.2 Å². The topological polar surface area (TPSA) is 55.6 Å². The van der Waals surface area contributed by atoms with Gasteiger partial charge >= 0.3 is 0 Å². The second-order valence-electron chi connectivity index (χ2n) is 4.76. The highest BCUT2D eigenvalue weighted by atomic mass is 16.5. The van der Waals surface area contributed by atoms with Crippen molar-refractivity contribution in [3.05, 3.63) is 0 Å². The normalized spacial score (nSPS) is 29.7. The van der Waals surface area contributed by atoms with Crippen molar-refractivity contribution in [1.29, 1.82) is 0 Å². The van der Waals surface area contributed by atoms with E-state index in [1.807, 2.05) is 4.90 Å². The molecule has 1 heterocycles. The molecule has 4 heteroatoms. The molecule has 1 aliphatic carbocycles. The van der Waals surface area contributed by atoms with Gasteiger partial charge in [-0.05, 0) is 32.1 Å². The Balaban J connectivity index is 1.95. The van der Waals surface area contributed by atoms with E-state index in [1.54, 1.807) is 7.11 Å². The Kier molecular flexibility index (Phi) is 2.98. The Morgan fingerprint density at radius 1 is 1.47 bits per heavy atom. The first kappa shape index (κ1) is 10.9. The van der Waals surface area contributed by atoms with E-state index in [2.05, 4.69) is 0 Å². The zero-order valence-corrected chi connectivity index (χ0v) is 9.37. The molecule has 1 atom stereocenters. The van der Waals surface area contributed by atoms with Gasteiger partial charge in [-0.25, -0.2) is 0 Å². The summed E-state index contributed by atoms with van der Waals surface area (Å²) in [5.74, 6) is 0.135. The van der Waals surface area contributed by atoms with E-state index < -0.39 is 5.54 Å². The standard InChI is InChI=1S/C11H20N2O2/c1-15-9-4-2-7-13(8-9)10(14)11(12)5-3-6-11/h9H,2-8,12H2,1H3. The minimum atomic E-state index is -0.546. The Morgan fingerprint density at radius 2 is 2.20 bits per heavy atom. The number of carbonyl (C=O) groups is 1. The first-order chi connectivity index (χ1) is 7.15. The summed E-state index contributed by atoms with van der Waals surface area (Å²) in [6, 6.07) is 0. The highest BCUT2D eigenvalue weighted by Crippen LogP contribution is 2.31. The summed E-state index contributed by atoms with van der Waals surface area (Å²) in [6.45, 7) is 1.56. The quantitative estimate of drug-likeness (QED) is 0.725. The molecule has 2 fully saturated rings. The number of methoxy groups -OCH3 is 1. The lowest BCUT2D eigenvalue weighted by Crippen LogP contribution is -2.61. The Labute approximate surface area is 90.8 Å². The van der Waals surface area contributed by atoms with Gasteiger partial charge in [0.1, 0.15) is 0 Å². The summed E-state index contributed by atoms with van der Waals surface area (Å²) < 4.78 is 5.30. The van der Waals surface area contributed by atoms with Crippen LogP contribution in [0.3, 0.4) is 0 Å². The van der Waals surface area contributed by atoms with E-state index >= 15 is 0 Å². The third kappa shape index (κ3) is 2.01. The molecule has 1 unspecified atom stereocenters. The second-order valence-corrected chi connectivity index (χ2v) is 4.76. The first-order valence-corrected chi connectivity index (χ1v) is 5.77. The van der Waals surface area contributed by atoms with Crippen LogP contribution in [0.4, 0.5) is 0 Å². The summed E-state index contributed by atoms with van der Waals surface area (Å²) >= 11 is 0. The van der Waals surface area contributed by atoms with E-state index in [9.17, 15) is 4.79 Å². The van der Waals surface area contributed by atoms with Crippen LogP contribution in [-0.2, 0) is 9.53 Å². The number of nitrogens with zero attached hydrogens (tertiary/aromatic N) is 1. The van der Waals surface area contributed by atoms with Gasteiger partial charge < -0.3 is 15.4 Å². The van der Waals surface area contributed by atoms with Gasteiger partial charge in [0.05, 0.1) is 11.6 Å². The average molecular weight is 212 g/mol. The third-order valence-corrected chi connectivity index (χ3v) is 3.67. The number of nitrogens with two attached hydrogens (primary N) is 1. The minimum absolute atomic E-state index is 0.135. The number of piperidine rings is 1. The molecular weight excluding hydrogens is 192 g/mol. The number of hydrogen-bond donors (Lipinski definition) is 1. The lowest BCUT2D eigenvalue weighted by molar-refractivity contribution is -0.143. The maximum atomic E-state index is 12.1. The molecule has 1 saturated heterocycles. The van der Waals surface area contributed by atoms with Crippen LogP contribution in [0.15, 0.2) is 0 Å². The van der Waals surface area contributed by atoms with E-state index in [-0.39, 0.29) is 12.0 Å². The van der Waals surface area contributed by atoms with Crippen molar-refractivity contribution in [2.45, 2.75) is 43.7 Å². The van der Waals surface area contributed by atoms with E-state index in [0.717, 1.165) is 38.6 Å². The zero-order valence-electron chi connectivity index (χ0n) is 9.37. The van der Waals surface area contributed by atoms with Gasteiger partial charge in [0.25, 0.3) is 0 Å². The monoisotopic (exact) mass is 212 g/mol. The molecule has 4 nitrogen and oxygen atoms in total. The SMILES string of the molecule is COC1CCCN(C(=O)C2(N)CCC2)C1. The number of hydrogen-bond acceptors (Lipinski definition) is 3. The fourth-order valence-electron chi connectivity index (χ4n) is 2.40. The number of ether oxygens (including phenoxy) is 1. The molecular formula is C11H20N2O2. The smallest absolute Gasteiger partial charge is 0.242 e. The molecule has 0 aromatic carbocycles. The van der Waals surface area contributed by atoms with Gasteiger partial charge in [0.2, 0.25) is 5.91 Å². The van der Waals surface area contributed by atoms with Crippen molar-refractivity contribution >= 4 is 5.91 Å². The van der Waals surface area contributed by atoms with Crippen LogP contribution in [0.1, 0.15) is 32.1 Å². The van der Waals surface area contributed by atoms with Crippen LogP contribution < -0.4 is 5.73 Å². The maximum Gasteiger partial charge on any atom is 0.242 e. The highest BCUT2D eigenvalue weighted by Gasteiger charge is 2.43. The molecule has 0 aromatic rings. The molecule has 1 aliphatic heterocycles. The van der Waals surface area contributed by atoms with Crippen LogP contribution in [0.5, 0.6) is 0 Å². The van der Waals surface area contributed by atoms with Crippen molar-refractivity contribution in [3.8, 4) is 0 Å². The maximum absolute atomic E-state index is 12.1. The molecule has 1 saturated carbocycles. The lowest BCUT2D eigenvalue weighted by Gasteiger charge is -2.42. The van der Waals surface area contributed by atoms with Crippen molar-refractivity contribution in [2.75, 3.05) is 20.2 Å². The second kappa shape index (κ2) is 4.10. The summed E-state index contributed by atoms with van der Waals surface area (Å²) in [5.41, 5.74) is 5.49. The Hall–Kier alpha value is -0.610. The molecule has 0 bridgehead atoms. The number of likely N-dealkylation sites (tertiary alicyclic amines) is 1. The van der Waals surface area contributed by atoms with Crippen molar-refractivity contribution in [3.63, 3.8) is 0 Å².